The van der Waals surface area contributed by atoms with Gasteiger partial charge in [0, 0.05) is 24.2 Å². The number of Topliss-reactive ketones (excluding diaryl/α,β-unsaturated/α-hetero) is 1. The molecule has 0 aromatic carbocycles. The zero-order valence-electron chi connectivity index (χ0n) is 22.1. The van der Waals surface area contributed by atoms with Gasteiger partial charge in [-0.05, 0) is 112 Å². The highest BCUT2D eigenvalue weighted by molar-refractivity contribution is 5.98. The summed E-state index contributed by atoms with van der Waals surface area (Å²) in [6.07, 6.45) is 10.1. The molecule has 0 aliphatic heterocycles. The lowest BCUT2D eigenvalue weighted by Gasteiger charge is -2.64. The van der Waals surface area contributed by atoms with Crippen LogP contribution < -0.4 is 0 Å². The van der Waals surface area contributed by atoms with E-state index in [1.165, 1.54) is 0 Å². The smallest absolute Gasteiger partial charge is 0.159 e. The average Bonchev–Trinajstić information content (AvgIpc) is 2.96. The van der Waals surface area contributed by atoms with Gasteiger partial charge in [-0.3, -0.25) is 14.4 Å². The first-order chi connectivity index (χ1) is 15.2. The first kappa shape index (κ1) is 24.6. The van der Waals surface area contributed by atoms with E-state index in [9.17, 15) is 14.4 Å². The van der Waals surface area contributed by atoms with Gasteiger partial charge in [0.25, 0.3) is 0 Å². The van der Waals surface area contributed by atoms with Crippen molar-refractivity contribution in [3.05, 3.63) is 23.3 Å². The Balaban J connectivity index is 1.70. The van der Waals surface area contributed by atoms with Crippen molar-refractivity contribution >= 4 is 17.3 Å². The highest BCUT2D eigenvalue weighted by atomic mass is 16.1. The number of hydrogen-bond acceptors (Lipinski definition) is 3. The van der Waals surface area contributed by atoms with Crippen LogP contribution in [0.4, 0.5) is 0 Å². The van der Waals surface area contributed by atoms with Crippen molar-refractivity contribution in [2.45, 2.75) is 100 Å². The Hall–Kier alpha value is -1.51. The van der Waals surface area contributed by atoms with E-state index < -0.39 is 5.41 Å². The molecule has 4 aliphatic carbocycles. The number of rotatable bonds is 4. The molecule has 0 N–H and O–H groups in total. The largest absolute Gasteiger partial charge is 0.299 e. The van der Waals surface area contributed by atoms with Crippen LogP contribution >= 0.6 is 0 Å². The molecule has 3 fully saturated rings. The SMILES string of the molecule is CC(C)=CC(=O)CC(C)C1CCC2(C)C3C(=O)C=C4C(CCC(=O)C4(C)C)C3(C)CCC12C. The van der Waals surface area contributed by atoms with Gasteiger partial charge in [-0.1, -0.05) is 33.3 Å². The second-order valence-electron chi connectivity index (χ2n) is 13.4. The van der Waals surface area contributed by atoms with Crippen LogP contribution in [0.5, 0.6) is 0 Å². The molecule has 4 aliphatic rings. The second kappa shape index (κ2) is 7.75. The van der Waals surface area contributed by atoms with Crippen molar-refractivity contribution in [2.75, 3.05) is 0 Å². The van der Waals surface area contributed by atoms with E-state index in [2.05, 4.69) is 27.7 Å². The van der Waals surface area contributed by atoms with E-state index >= 15 is 0 Å². The third-order valence-electron chi connectivity index (χ3n) is 11.1. The van der Waals surface area contributed by atoms with Gasteiger partial charge in [-0.15, -0.1) is 0 Å². The van der Waals surface area contributed by atoms with Gasteiger partial charge in [0.1, 0.15) is 5.78 Å². The van der Waals surface area contributed by atoms with Crippen molar-refractivity contribution in [1.29, 1.82) is 0 Å². The molecule has 0 amide bonds. The number of carbonyl (C=O) groups excluding carboxylic acids is 3. The average molecular weight is 453 g/mol. The molecule has 33 heavy (non-hydrogen) atoms. The van der Waals surface area contributed by atoms with E-state index in [1.54, 1.807) is 6.08 Å². The van der Waals surface area contributed by atoms with Crippen molar-refractivity contribution in [3.8, 4) is 0 Å². The molecule has 3 saturated carbocycles. The van der Waals surface area contributed by atoms with Crippen molar-refractivity contribution < 1.29 is 14.4 Å². The maximum absolute atomic E-state index is 13.9. The molecular weight excluding hydrogens is 408 g/mol. The monoisotopic (exact) mass is 452 g/mol. The van der Waals surface area contributed by atoms with Gasteiger partial charge >= 0.3 is 0 Å². The number of ketones is 3. The van der Waals surface area contributed by atoms with Gasteiger partial charge in [0.15, 0.2) is 11.6 Å². The summed E-state index contributed by atoms with van der Waals surface area (Å²) in [4.78, 5) is 39.2. The first-order valence-corrected chi connectivity index (χ1v) is 13.2. The van der Waals surface area contributed by atoms with Crippen LogP contribution in [0.2, 0.25) is 0 Å². The maximum atomic E-state index is 13.9. The van der Waals surface area contributed by atoms with Crippen LogP contribution in [-0.2, 0) is 14.4 Å². The molecule has 0 radical (unpaired) electrons. The Bertz CT molecular complexity index is 948. The van der Waals surface area contributed by atoms with E-state index in [0.29, 0.717) is 30.6 Å². The molecular formula is C30H44O3. The molecule has 0 aromatic heterocycles. The summed E-state index contributed by atoms with van der Waals surface area (Å²) in [6, 6.07) is 0. The van der Waals surface area contributed by atoms with Crippen LogP contribution in [0, 0.1) is 45.3 Å². The van der Waals surface area contributed by atoms with Crippen LogP contribution in [0.25, 0.3) is 0 Å². The summed E-state index contributed by atoms with van der Waals surface area (Å²) >= 11 is 0. The maximum Gasteiger partial charge on any atom is 0.159 e. The lowest BCUT2D eigenvalue weighted by atomic mass is 9.39. The Morgan fingerprint density at radius 3 is 2.33 bits per heavy atom. The van der Waals surface area contributed by atoms with Gasteiger partial charge in [0.05, 0.1) is 0 Å². The van der Waals surface area contributed by atoms with Crippen LogP contribution in [0.3, 0.4) is 0 Å². The Morgan fingerprint density at radius 2 is 1.70 bits per heavy atom. The zero-order valence-corrected chi connectivity index (χ0v) is 22.1. The number of fused-ring (bicyclic) bond motifs is 5. The lowest BCUT2D eigenvalue weighted by molar-refractivity contribution is -0.163. The molecule has 3 heteroatoms. The molecule has 4 rings (SSSR count). The lowest BCUT2D eigenvalue weighted by Crippen LogP contribution is -2.61. The second-order valence-corrected chi connectivity index (χ2v) is 13.4. The highest BCUT2D eigenvalue weighted by Crippen LogP contribution is 2.74. The zero-order chi connectivity index (χ0) is 24.6. The van der Waals surface area contributed by atoms with Gasteiger partial charge in [-0.25, -0.2) is 0 Å². The molecule has 0 aromatic rings. The standard InChI is InChI=1S/C30H44O3/c1-18(2)15-20(31)16-19(3)21-11-12-30(8)26-24(32)17-23-22(9-10-25(33)27(23,4)5)28(26,6)13-14-29(21,30)7/h15,17,19,21-22,26H,9-14,16H2,1-8H3. The van der Waals surface area contributed by atoms with Gasteiger partial charge in [-0.2, -0.15) is 0 Å². The number of hydrogen-bond donors (Lipinski definition) is 0. The Labute approximate surface area is 200 Å². The Kier molecular flexibility index (Phi) is 5.78. The number of allylic oxidation sites excluding steroid dienone is 4. The predicted molar refractivity (Wildman–Crippen MR) is 133 cm³/mol. The summed E-state index contributed by atoms with van der Waals surface area (Å²) < 4.78 is 0. The van der Waals surface area contributed by atoms with Crippen molar-refractivity contribution in [3.63, 3.8) is 0 Å². The molecule has 7 unspecified atom stereocenters. The van der Waals surface area contributed by atoms with E-state index in [0.717, 1.165) is 43.3 Å². The van der Waals surface area contributed by atoms with E-state index in [-0.39, 0.29) is 39.5 Å². The summed E-state index contributed by atoms with van der Waals surface area (Å²) in [7, 11) is 0. The molecule has 7 atom stereocenters. The van der Waals surface area contributed by atoms with Crippen LogP contribution in [0.15, 0.2) is 23.3 Å². The van der Waals surface area contributed by atoms with Crippen LogP contribution in [0.1, 0.15) is 100 Å². The van der Waals surface area contributed by atoms with E-state index in [1.807, 2.05) is 33.8 Å². The fourth-order valence-corrected chi connectivity index (χ4v) is 9.14. The minimum absolute atomic E-state index is 0.00665. The molecule has 3 nitrogen and oxygen atoms in total. The van der Waals surface area contributed by atoms with Crippen molar-refractivity contribution in [2.24, 2.45) is 45.3 Å². The minimum atomic E-state index is -0.522. The Morgan fingerprint density at radius 1 is 1.03 bits per heavy atom. The topological polar surface area (TPSA) is 51.2 Å². The highest BCUT2D eigenvalue weighted by Gasteiger charge is 2.69. The first-order valence-electron chi connectivity index (χ1n) is 13.2. The minimum Gasteiger partial charge on any atom is -0.299 e. The molecule has 0 heterocycles. The molecule has 182 valence electrons. The summed E-state index contributed by atoms with van der Waals surface area (Å²) in [5.41, 5.74) is 1.55. The third-order valence-corrected chi connectivity index (χ3v) is 11.1. The summed E-state index contributed by atoms with van der Waals surface area (Å²) in [5.74, 6) is 1.88. The fraction of sp³-hybridized carbons (Fsp3) is 0.767. The summed E-state index contributed by atoms with van der Waals surface area (Å²) in [5, 5.41) is 0. The van der Waals surface area contributed by atoms with Crippen LogP contribution in [-0.4, -0.2) is 17.3 Å². The van der Waals surface area contributed by atoms with E-state index in [4.69, 9.17) is 0 Å². The quantitative estimate of drug-likeness (QED) is 0.436. The molecule has 0 bridgehead atoms. The molecule has 0 spiro atoms. The number of carbonyl (C=O) groups is 3. The summed E-state index contributed by atoms with van der Waals surface area (Å²) in [6.45, 7) is 17.4. The predicted octanol–water partition coefficient (Wildman–Crippen LogP) is 6.90. The normalized spacial score (nSPS) is 42.5. The molecule has 0 saturated heterocycles. The third kappa shape index (κ3) is 3.39. The van der Waals surface area contributed by atoms with Gasteiger partial charge < -0.3 is 0 Å². The van der Waals surface area contributed by atoms with Crippen molar-refractivity contribution in [1.82, 2.24) is 0 Å². The van der Waals surface area contributed by atoms with Gasteiger partial charge in [0.2, 0.25) is 0 Å². The fourth-order valence-electron chi connectivity index (χ4n) is 9.14.